The Hall–Kier alpha value is -1.90. The van der Waals surface area contributed by atoms with Crippen LogP contribution in [-0.4, -0.2) is 6.04 Å². The SMILES string of the molecule is Cc1ccccc1C1CC(Nc2c(F)ccc(C)c2F)C1. The first-order valence-electron chi connectivity index (χ1n) is 7.33. The number of anilines is 1. The Labute approximate surface area is 124 Å². The molecule has 3 heteroatoms. The third-order valence-electron chi connectivity index (χ3n) is 4.40. The average Bonchev–Trinajstić information content (AvgIpc) is 2.42. The van der Waals surface area contributed by atoms with Crippen molar-refractivity contribution in [1.29, 1.82) is 0 Å². The zero-order valence-corrected chi connectivity index (χ0v) is 12.3. The average molecular weight is 287 g/mol. The molecular formula is C18H19F2N. The van der Waals surface area contributed by atoms with Crippen LogP contribution in [0.1, 0.15) is 35.4 Å². The Morgan fingerprint density at radius 2 is 1.67 bits per heavy atom. The molecule has 0 amide bonds. The fourth-order valence-corrected chi connectivity index (χ4v) is 3.03. The highest BCUT2D eigenvalue weighted by molar-refractivity contribution is 5.50. The second-order valence-electron chi connectivity index (χ2n) is 5.92. The van der Waals surface area contributed by atoms with Crippen molar-refractivity contribution in [3.63, 3.8) is 0 Å². The number of nitrogens with one attached hydrogen (secondary N) is 1. The van der Waals surface area contributed by atoms with E-state index in [1.807, 2.05) is 12.1 Å². The Kier molecular flexibility index (Phi) is 3.66. The van der Waals surface area contributed by atoms with Crippen LogP contribution >= 0.6 is 0 Å². The molecule has 21 heavy (non-hydrogen) atoms. The van der Waals surface area contributed by atoms with Crippen molar-refractivity contribution in [2.75, 3.05) is 5.32 Å². The molecule has 0 bridgehead atoms. The van der Waals surface area contributed by atoms with Gasteiger partial charge < -0.3 is 5.32 Å². The lowest BCUT2D eigenvalue weighted by Crippen LogP contribution is -2.35. The van der Waals surface area contributed by atoms with E-state index in [0.29, 0.717) is 11.5 Å². The van der Waals surface area contributed by atoms with Gasteiger partial charge >= 0.3 is 0 Å². The molecule has 1 saturated carbocycles. The first-order chi connectivity index (χ1) is 10.1. The first-order valence-corrected chi connectivity index (χ1v) is 7.33. The Morgan fingerprint density at radius 3 is 2.38 bits per heavy atom. The van der Waals surface area contributed by atoms with Crippen LogP contribution in [0.25, 0.3) is 0 Å². The molecule has 1 fully saturated rings. The maximum Gasteiger partial charge on any atom is 0.152 e. The summed E-state index contributed by atoms with van der Waals surface area (Å²) in [6, 6.07) is 11.2. The molecule has 2 aromatic rings. The number of benzene rings is 2. The monoisotopic (exact) mass is 287 g/mol. The van der Waals surface area contributed by atoms with Crippen LogP contribution in [0, 0.1) is 25.5 Å². The quantitative estimate of drug-likeness (QED) is 0.843. The van der Waals surface area contributed by atoms with E-state index in [9.17, 15) is 8.78 Å². The number of rotatable bonds is 3. The number of hydrogen-bond acceptors (Lipinski definition) is 1. The van der Waals surface area contributed by atoms with Gasteiger partial charge in [-0.3, -0.25) is 0 Å². The van der Waals surface area contributed by atoms with Gasteiger partial charge in [-0.2, -0.15) is 0 Å². The van der Waals surface area contributed by atoms with Crippen LogP contribution in [0.2, 0.25) is 0 Å². The smallest absolute Gasteiger partial charge is 0.152 e. The van der Waals surface area contributed by atoms with E-state index in [4.69, 9.17) is 0 Å². The summed E-state index contributed by atoms with van der Waals surface area (Å²) < 4.78 is 27.7. The molecule has 1 N–H and O–H groups in total. The van der Waals surface area contributed by atoms with Crippen molar-refractivity contribution in [2.45, 2.75) is 38.6 Å². The van der Waals surface area contributed by atoms with E-state index in [0.717, 1.165) is 12.8 Å². The van der Waals surface area contributed by atoms with Gasteiger partial charge in [0.25, 0.3) is 0 Å². The number of hydrogen-bond donors (Lipinski definition) is 1. The molecule has 3 rings (SSSR count). The maximum absolute atomic E-state index is 14.0. The Bertz CT molecular complexity index is 660. The van der Waals surface area contributed by atoms with Crippen molar-refractivity contribution in [2.24, 2.45) is 0 Å². The van der Waals surface area contributed by atoms with Crippen LogP contribution in [0.4, 0.5) is 14.5 Å². The summed E-state index contributed by atoms with van der Waals surface area (Å²) in [5.41, 5.74) is 3.12. The van der Waals surface area contributed by atoms with E-state index in [1.165, 1.54) is 23.3 Å². The molecule has 1 nitrogen and oxygen atoms in total. The predicted molar refractivity (Wildman–Crippen MR) is 81.7 cm³/mol. The summed E-state index contributed by atoms with van der Waals surface area (Å²) in [5, 5.41) is 3.02. The molecule has 0 unspecified atom stereocenters. The largest absolute Gasteiger partial charge is 0.378 e. The van der Waals surface area contributed by atoms with E-state index >= 15 is 0 Å². The van der Waals surface area contributed by atoms with Crippen LogP contribution < -0.4 is 5.32 Å². The second kappa shape index (κ2) is 5.47. The highest BCUT2D eigenvalue weighted by Gasteiger charge is 2.32. The zero-order valence-electron chi connectivity index (χ0n) is 12.3. The molecule has 0 heterocycles. The molecule has 1 aliphatic carbocycles. The van der Waals surface area contributed by atoms with Gasteiger partial charge in [-0.05, 0) is 55.4 Å². The molecule has 0 spiro atoms. The topological polar surface area (TPSA) is 12.0 Å². The minimum absolute atomic E-state index is 0.0169. The minimum atomic E-state index is -0.516. The van der Waals surface area contributed by atoms with Crippen LogP contribution in [0.3, 0.4) is 0 Å². The van der Waals surface area contributed by atoms with Crippen LogP contribution in [0.5, 0.6) is 0 Å². The molecule has 2 aromatic carbocycles. The highest BCUT2D eigenvalue weighted by Crippen LogP contribution is 2.40. The fraction of sp³-hybridized carbons (Fsp3) is 0.333. The van der Waals surface area contributed by atoms with Crippen molar-refractivity contribution in [1.82, 2.24) is 0 Å². The lowest BCUT2D eigenvalue weighted by molar-refractivity contribution is 0.370. The normalized spacial score (nSPS) is 21.0. The summed E-state index contributed by atoms with van der Waals surface area (Å²) in [4.78, 5) is 0. The fourth-order valence-electron chi connectivity index (χ4n) is 3.03. The molecule has 0 aromatic heterocycles. The number of aryl methyl sites for hydroxylation is 2. The predicted octanol–water partition coefficient (Wildman–Crippen LogP) is 4.94. The molecular weight excluding hydrogens is 268 g/mol. The van der Waals surface area contributed by atoms with E-state index in [1.54, 1.807) is 6.92 Å². The summed E-state index contributed by atoms with van der Waals surface area (Å²) in [5.74, 6) is -0.508. The van der Waals surface area contributed by atoms with Crippen molar-refractivity contribution in [3.8, 4) is 0 Å². The van der Waals surface area contributed by atoms with Gasteiger partial charge in [0, 0.05) is 6.04 Å². The Morgan fingerprint density at radius 1 is 0.952 bits per heavy atom. The summed E-state index contributed by atoms with van der Waals surface area (Å²) in [6.07, 6.45) is 1.83. The van der Waals surface area contributed by atoms with Crippen LogP contribution in [0.15, 0.2) is 36.4 Å². The molecule has 0 radical (unpaired) electrons. The zero-order chi connectivity index (χ0) is 15.0. The highest BCUT2D eigenvalue weighted by atomic mass is 19.1. The van der Waals surface area contributed by atoms with Crippen molar-refractivity contribution < 1.29 is 8.78 Å². The maximum atomic E-state index is 14.0. The molecule has 110 valence electrons. The van der Waals surface area contributed by atoms with Gasteiger partial charge in [-0.25, -0.2) is 8.78 Å². The third kappa shape index (κ3) is 2.65. The van der Waals surface area contributed by atoms with E-state index in [2.05, 4.69) is 24.4 Å². The standard InChI is InChI=1S/C18H19F2N/c1-11-5-3-4-6-15(11)13-9-14(10-13)21-18-16(19)8-7-12(2)17(18)20/h3-8,13-14,21H,9-10H2,1-2H3. The molecule has 1 aliphatic rings. The van der Waals surface area contributed by atoms with Gasteiger partial charge in [-0.15, -0.1) is 0 Å². The first kappa shape index (κ1) is 14.1. The van der Waals surface area contributed by atoms with Gasteiger partial charge in [-0.1, -0.05) is 30.3 Å². The van der Waals surface area contributed by atoms with Crippen LogP contribution in [-0.2, 0) is 0 Å². The van der Waals surface area contributed by atoms with Crippen molar-refractivity contribution in [3.05, 3.63) is 64.7 Å². The lowest BCUT2D eigenvalue weighted by atomic mass is 9.74. The molecule has 0 aliphatic heterocycles. The van der Waals surface area contributed by atoms with E-state index in [-0.39, 0.29) is 11.7 Å². The molecule has 0 saturated heterocycles. The summed E-state index contributed by atoms with van der Waals surface area (Å²) in [7, 11) is 0. The Balaban J connectivity index is 1.68. The minimum Gasteiger partial charge on any atom is -0.378 e. The lowest BCUT2D eigenvalue weighted by Gasteiger charge is -2.37. The summed E-state index contributed by atoms with van der Waals surface area (Å²) in [6.45, 7) is 3.76. The molecule has 0 atom stereocenters. The van der Waals surface area contributed by atoms with Gasteiger partial charge in [0.1, 0.15) is 11.5 Å². The van der Waals surface area contributed by atoms with Gasteiger partial charge in [0.05, 0.1) is 0 Å². The number of halogens is 2. The third-order valence-corrected chi connectivity index (χ3v) is 4.40. The summed E-state index contributed by atoms with van der Waals surface area (Å²) >= 11 is 0. The van der Waals surface area contributed by atoms with Gasteiger partial charge in [0.15, 0.2) is 5.82 Å². The second-order valence-corrected chi connectivity index (χ2v) is 5.92. The van der Waals surface area contributed by atoms with Crippen molar-refractivity contribution >= 4 is 5.69 Å². The van der Waals surface area contributed by atoms with Gasteiger partial charge in [0.2, 0.25) is 0 Å². The van der Waals surface area contributed by atoms with E-state index < -0.39 is 11.6 Å².